The third-order valence-corrected chi connectivity index (χ3v) is 5.20. The second-order valence-corrected chi connectivity index (χ2v) is 7.84. The summed E-state index contributed by atoms with van der Waals surface area (Å²) in [6.07, 6.45) is 3.29. The van der Waals surface area contributed by atoms with Gasteiger partial charge in [0, 0.05) is 16.8 Å². The van der Waals surface area contributed by atoms with Crippen LogP contribution in [0, 0.1) is 0 Å². The molecule has 0 fully saturated rings. The number of halogens is 1. The Balaban J connectivity index is 1.34. The maximum Gasteiger partial charge on any atom is 0.291 e. The van der Waals surface area contributed by atoms with Crippen LogP contribution in [-0.2, 0) is 13.2 Å². The van der Waals surface area contributed by atoms with Gasteiger partial charge >= 0.3 is 0 Å². The third-order valence-electron chi connectivity index (χ3n) is 4.95. The number of rotatable bonds is 9. The quantitative estimate of drug-likeness (QED) is 0.275. The molecule has 4 rings (SSSR count). The van der Waals surface area contributed by atoms with Gasteiger partial charge in [-0.1, -0.05) is 48.0 Å². The first-order chi connectivity index (χ1) is 16.6. The number of carbonyl (C=O) groups excluding carboxylic acids is 1. The van der Waals surface area contributed by atoms with Gasteiger partial charge in [0.15, 0.2) is 5.69 Å². The number of benzene rings is 3. The zero-order valence-electron chi connectivity index (χ0n) is 18.5. The van der Waals surface area contributed by atoms with Gasteiger partial charge in [-0.2, -0.15) is 10.2 Å². The number of ether oxygens (including phenoxy) is 2. The number of hydrogen-bond acceptors (Lipinski definition) is 5. The summed E-state index contributed by atoms with van der Waals surface area (Å²) < 4.78 is 12.9. The van der Waals surface area contributed by atoms with Crippen LogP contribution in [-0.4, -0.2) is 29.0 Å². The van der Waals surface area contributed by atoms with Crippen LogP contribution in [0.3, 0.4) is 0 Å². The molecule has 1 aromatic heterocycles. The molecule has 0 aliphatic carbocycles. The number of carbonyl (C=O) groups is 1. The fourth-order valence-electron chi connectivity index (χ4n) is 3.21. The third kappa shape index (κ3) is 6.24. The lowest BCUT2D eigenvalue weighted by Gasteiger charge is -2.10. The molecule has 7 nitrogen and oxygen atoms in total. The minimum atomic E-state index is -0.402. The van der Waals surface area contributed by atoms with E-state index in [1.165, 1.54) is 0 Å². The van der Waals surface area contributed by atoms with Crippen molar-refractivity contribution in [3.63, 3.8) is 0 Å². The van der Waals surface area contributed by atoms with E-state index in [2.05, 4.69) is 15.6 Å². The fraction of sp³-hybridized carbons (Fsp3) is 0.115. The summed E-state index contributed by atoms with van der Waals surface area (Å²) in [6.45, 7) is 0.908. The van der Waals surface area contributed by atoms with Gasteiger partial charge in [0.05, 0.1) is 19.9 Å². The maximum atomic E-state index is 12.4. The second-order valence-electron chi connectivity index (χ2n) is 7.40. The molecule has 1 amide bonds. The van der Waals surface area contributed by atoms with E-state index >= 15 is 0 Å². The first-order valence-corrected chi connectivity index (χ1v) is 10.9. The minimum Gasteiger partial charge on any atom is -0.497 e. The van der Waals surface area contributed by atoms with Gasteiger partial charge in [0.25, 0.3) is 5.91 Å². The molecule has 3 aromatic carbocycles. The summed E-state index contributed by atoms with van der Waals surface area (Å²) in [5.74, 6) is 1.02. The fourth-order valence-corrected chi connectivity index (χ4v) is 3.33. The molecule has 34 heavy (non-hydrogen) atoms. The summed E-state index contributed by atoms with van der Waals surface area (Å²) in [5, 5.41) is 9.06. The van der Waals surface area contributed by atoms with E-state index in [0.29, 0.717) is 23.9 Å². The van der Waals surface area contributed by atoms with Crippen molar-refractivity contribution in [1.29, 1.82) is 0 Å². The molecule has 0 spiro atoms. The van der Waals surface area contributed by atoms with E-state index in [1.807, 2.05) is 72.8 Å². The molecule has 172 valence electrons. The smallest absolute Gasteiger partial charge is 0.291 e. The van der Waals surface area contributed by atoms with E-state index < -0.39 is 5.91 Å². The predicted octanol–water partition coefficient (Wildman–Crippen LogP) is 4.94. The van der Waals surface area contributed by atoms with Gasteiger partial charge in [-0.15, -0.1) is 0 Å². The molecule has 1 N–H and O–H groups in total. The number of methoxy groups -OCH3 is 1. The molecule has 0 atom stereocenters. The molecular weight excluding hydrogens is 452 g/mol. The number of hydrazone groups is 1. The number of nitrogens with zero attached hydrogens (tertiary/aromatic N) is 3. The van der Waals surface area contributed by atoms with Gasteiger partial charge in [0.1, 0.15) is 18.1 Å². The van der Waals surface area contributed by atoms with E-state index in [0.717, 1.165) is 22.4 Å². The lowest BCUT2D eigenvalue weighted by atomic mass is 10.2. The molecule has 1 heterocycles. The zero-order valence-corrected chi connectivity index (χ0v) is 19.3. The van der Waals surface area contributed by atoms with Crippen molar-refractivity contribution in [2.75, 3.05) is 7.11 Å². The molecule has 8 heteroatoms. The van der Waals surface area contributed by atoms with Gasteiger partial charge in [0.2, 0.25) is 0 Å². The Morgan fingerprint density at radius 1 is 1.06 bits per heavy atom. The van der Waals surface area contributed by atoms with Gasteiger partial charge in [-0.3, -0.25) is 9.48 Å². The number of aromatic nitrogens is 2. The lowest BCUT2D eigenvalue weighted by molar-refractivity contribution is 0.0949. The van der Waals surface area contributed by atoms with E-state index in [4.69, 9.17) is 21.1 Å². The Labute approximate surface area is 202 Å². The summed E-state index contributed by atoms with van der Waals surface area (Å²) in [7, 11) is 1.63. The normalized spacial score (nSPS) is 10.9. The second kappa shape index (κ2) is 11.2. The van der Waals surface area contributed by atoms with Crippen LogP contribution in [0.4, 0.5) is 0 Å². The van der Waals surface area contributed by atoms with Crippen molar-refractivity contribution < 1.29 is 14.3 Å². The van der Waals surface area contributed by atoms with Crippen LogP contribution < -0.4 is 14.9 Å². The molecular formula is C26H23ClN4O3. The Bertz CT molecular complexity index is 1290. The SMILES string of the molecule is COc1cccc(COc2ccccc2/C=N/NC(=O)c2ccn(Cc3ccc(Cl)cc3)n2)c1. The van der Waals surface area contributed by atoms with E-state index in [9.17, 15) is 4.79 Å². The van der Waals surface area contributed by atoms with E-state index in [-0.39, 0.29) is 5.69 Å². The largest absolute Gasteiger partial charge is 0.497 e. The molecule has 0 saturated carbocycles. The first kappa shape index (κ1) is 23.1. The van der Waals surface area contributed by atoms with Gasteiger partial charge < -0.3 is 9.47 Å². The molecule has 0 aliphatic heterocycles. The van der Waals surface area contributed by atoms with Gasteiger partial charge in [-0.05, 0) is 53.6 Å². The topological polar surface area (TPSA) is 77.7 Å². The standard InChI is InChI=1S/C26H23ClN4O3/c1-33-23-7-4-5-20(15-23)18-34-25-8-3-2-6-21(25)16-28-29-26(32)24-13-14-31(30-24)17-19-9-11-22(27)12-10-19/h2-16H,17-18H2,1H3,(H,29,32)/b28-16+. The van der Waals surface area contributed by atoms with Crippen molar-refractivity contribution in [2.45, 2.75) is 13.2 Å². The van der Waals surface area contributed by atoms with Crippen molar-refractivity contribution in [3.05, 3.63) is 112 Å². The zero-order chi connectivity index (χ0) is 23.8. The van der Waals surface area contributed by atoms with E-state index in [1.54, 1.807) is 30.3 Å². The lowest BCUT2D eigenvalue weighted by Crippen LogP contribution is -2.18. The number of amides is 1. The average Bonchev–Trinajstić information content (AvgIpc) is 3.33. The molecule has 4 aromatic rings. The Hall–Kier alpha value is -4.10. The van der Waals surface area contributed by atoms with Crippen LogP contribution in [0.5, 0.6) is 11.5 Å². The van der Waals surface area contributed by atoms with Crippen molar-refractivity contribution in [3.8, 4) is 11.5 Å². The molecule has 0 aliphatic rings. The molecule has 0 radical (unpaired) electrons. The van der Waals surface area contributed by atoms with Crippen LogP contribution in [0.25, 0.3) is 0 Å². The Morgan fingerprint density at radius 3 is 2.71 bits per heavy atom. The molecule has 0 unspecified atom stereocenters. The highest BCUT2D eigenvalue weighted by molar-refractivity contribution is 6.30. The highest BCUT2D eigenvalue weighted by atomic mass is 35.5. The van der Waals surface area contributed by atoms with Crippen molar-refractivity contribution in [1.82, 2.24) is 15.2 Å². The summed E-state index contributed by atoms with van der Waals surface area (Å²) in [5.41, 5.74) is 5.53. The predicted molar refractivity (Wildman–Crippen MR) is 132 cm³/mol. The Morgan fingerprint density at radius 2 is 1.88 bits per heavy atom. The summed E-state index contributed by atoms with van der Waals surface area (Å²) in [6, 6.07) is 24.3. The first-order valence-electron chi connectivity index (χ1n) is 10.6. The number of nitrogens with one attached hydrogen (secondary N) is 1. The number of hydrogen-bond donors (Lipinski definition) is 1. The molecule has 0 saturated heterocycles. The monoisotopic (exact) mass is 474 g/mol. The van der Waals surface area contributed by atoms with Crippen LogP contribution in [0.15, 0.2) is 90.2 Å². The van der Waals surface area contributed by atoms with Gasteiger partial charge in [-0.25, -0.2) is 5.43 Å². The maximum absolute atomic E-state index is 12.4. The summed E-state index contributed by atoms with van der Waals surface area (Å²) >= 11 is 5.92. The van der Waals surface area contributed by atoms with Crippen LogP contribution in [0.2, 0.25) is 5.02 Å². The highest BCUT2D eigenvalue weighted by Crippen LogP contribution is 2.19. The van der Waals surface area contributed by atoms with Crippen molar-refractivity contribution in [2.24, 2.45) is 5.10 Å². The molecule has 0 bridgehead atoms. The highest BCUT2D eigenvalue weighted by Gasteiger charge is 2.09. The Kier molecular flexibility index (Phi) is 7.57. The summed E-state index contributed by atoms with van der Waals surface area (Å²) in [4.78, 5) is 12.4. The van der Waals surface area contributed by atoms with Crippen LogP contribution in [0.1, 0.15) is 27.2 Å². The number of para-hydroxylation sites is 1. The van der Waals surface area contributed by atoms with Crippen LogP contribution >= 0.6 is 11.6 Å². The average molecular weight is 475 g/mol. The van der Waals surface area contributed by atoms with Crippen molar-refractivity contribution >= 4 is 23.7 Å². The minimum absolute atomic E-state index is 0.272.